The Hall–Kier alpha value is -1.83. The zero-order valence-electron chi connectivity index (χ0n) is 9.98. The summed E-state index contributed by atoms with van der Waals surface area (Å²) in [5.74, 6) is 0.687. The van der Waals surface area contributed by atoms with Gasteiger partial charge in [-0.1, -0.05) is 37.6 Å². The average molecular weight is 228 g/mol. The minimum absolute atomic E-state index is 0.625. The lowest BCUT2D eigenvalue weighted by Crippen LogP contribution is -1.99. The van der Waals surface area contributed by atoms with Crippen LogP contribution >= 0.6 is 0 Å². The molecule has 0 atom stereocenters. The summed E-state index contributed by atoms with van der Waals surface area (Å²) in [6.45, 7) is 2.78. The molecule has 0 N–H and O–H groups in total. The molecule has 88 valence electrons. The third kappa shape index (κ3) is 2.64. The van der Waals surface area contributed by atoms with E-state index in [0.717, 1.165) is 29.9 Å². The van der Waals surface area contributed by atoms with E-state index in [2.05, 4.69) is 6.92 Å². The van der Waals surface area contributed by atoms with Gasteiger partial charge in [0.25, 0.3) is 0 Å². The summed E-state index contributed by atoms with van der Waals surface area (Å²) in [4.78, 5) is 11.0. The summed E-state index contributed by atoms with van der Waals surface area (Å²) in [6.07, 6.45) is 2.95. The number of fused-ring (bicyclic) bond motifs is 1. The standard InChI is InChI=1S/C15H16O2/c1-2-3-8-17-15-10-13-7-5-4-6-12(13)9-14(15)11-16/h4-7,9-11H,2-3,8H2,1H3. The minimum Gasteiger partial charge on any atom is -0.493 e. The smallest absolute Gasteiger partial charge is 0.153 e. The molecule has 0 bridgehead atoms. The van der Waals surface area contributed by atoms with Crippen molar-refractivity contribution in [1.29, 1.82) is 0 Å². The van der Waals surface area contributed by atoms with Crippen LogP contribution in [0.1, 0.15) is 30.1 Å². The maximum absolute atomic E-state index is 11.0. The van der Waals surface area contributed by atoms with Gasteiger partial charge in [0.1, 0.15) is 5.75 Å². The van der Waals surface area contributed by atoms with E-state index in [9.17, 15) is 4.79 Å². The normalized spacial score (nSPS) is 10.4. The van der Waals surface area contributed by atoms with Crippen LogP contribution in [0.3, 0.4) is 0 Å². The van der Waals surface area contributed by atoms with Gasteiger partial charge in [-0.2, -0.15) is 0 Å². The lowest BCUT2D eigenvalue weighted by molar-refractivity contribution is 0.111. The van der Waals surface area contributed by atoms with Gasteiger partial charge in [0.2, 0.25) is 0 Å². The first-order chi connectivity index (χ1) is 8.35. The van der Waals surface area contributed by atoms with Crippen molar-refractivity contribution < 1.29 is 9.53 Å². The Morgan fingerprint density at radius 1 is 1.18 bits per heavy atom. The van der Waals surface area contributed by atoms with Crippen LogP contribution in [0, 0.1) is 0 Å². The topological polar surface area (TPSA) is 26.3 Å². The van der Waals surface area contributed by atoms with Crippen molar-refractivity contribution in [2.45, 2.75) is 19.8 Å². The highest BCUT2D eigenvalue weighted by Crippen LogP contribution is 2.25. The molecule has 2 nitrogen and oxygen atoms in total. The number of carbonyl (C=O) groups is 1. The molecule has 17 heavy (non-hydrogen) atoms. The van der Waals surface area contributed by atoms with Crippen molar-refractivity contribution in [2.24, 2.45) is 0 Å². The van der Waals surface area contributed by atoms with E-state index in [4.69, 9.17) is 4.74 Å². The molecular formula is C15H16O2. The summed E-state index contributed by atoms with van der Waals surface area (Å²) < 4.78 is 5.65. The third-order valence-corrected chi connectivity index (χ3v) is 2.76. The summed E-state index contributed by atoms with van der Waals surface area (Å²) in [5.41, 5.74) is 0.625. The van der Waals surface area contributed by atoms with E-state index in [1.165, 1.54) is 0 Å². The quantitative estimate of drug-likeness (QED) is 0.574. The van der Waals surface area contributed by atoms with Crippen molar-refractivity contribution in [2.75, 3.05) is 6.61 Å². The Labute approximate surface area is 101 Å². The van der Waals surface area contributed by atoms with Crippen LogP contribution in [-0.2, 0) is 0 Å². The maximum atomic E-state index is 11.0. The monoisotopic (exact) mass is 228 g/mol. The van der Waals surface area contributed by atoms with Crippen molar-refractivity contribution >= 4 is 17.1 Å². The molecule has 0 aliphatic heterocycles. The van der Waals surface area contributed by atoms with Gasteiger partial charge in [-0.15, -0.1) is 0 Å². The van der Waals surface area contributed by atoms with Crippen LogP contribution in [0.4, 0.5) is 0 Å². The van der Waals surface area contributed by atoms with Gasteiger partial charge in [0.05, 0.1) is 12.2 Å². The molecule has 2 heteroatoms. The highest BCUT2D eigenvalue weighted by Gasteiger charge is 2.05. The Kier molecular flexibility index (Phi) is 3.76. The summed E-state index contributed by atoms with van der Waals surface area (Å²) in [5, 5.41) is 2.17. The van der Waals surface area contributed by atoms with Crippen LogP contribution in [0.2, 0.25) is 0 Å². The first-order valence-electron chi connectivity index (χ1n) is 5.96. The summed E-state index contributed by atoms with van der Waals surface area (Å²) in [6, 6.07) is 11.8. The van der Waals surface area contributed by atoms with Crippen LogP contribution in [-0.4, -0.2) is 12.9 Å². The van der Waals surface area contributed by atoms with Crippen LogP contribution in [0.15, 0.2) is 36.4 Å². The molecule has 0 saturated heterocycles. The fraction of sp³-hybridized carbons (Fsp3) is 0.267. The number of ether oxygens (including phenoxy) is 1. The number of benzene rings is 2. The van der Waals surface area contributed by atoms with Gasteiger partial charge in [-0.3, -0.25) is 4.79 Å². The number of hydrogen-bond donors (Lipinski definition) is 0. The molecule has 0 aliphatic carbocycles. The lowest BCUT2D eigenvalue weighted by Gasteiger charge is -2.09. The third-order valence-electron chi connectivity index (χ3n) is 2.76. The van der Waals surface area contributed by atoms with Gasteiger partial charge in [0, 0.05) is 0 Å². The zero-order chi connectivity index (χ0) is 12.1. The number of rotatable bonds is 5. The predicted octanol–water partition coefficient (Wildman–Crippen LogP) is 3.83. The minimum atomic E-state index is 0.625. The van der Waals surface area contributed by atoms with Crippen molar-refractivity contribution in [3.8, 4) is 5.75 Å². The highest BCUT2D eigenvalue weighted by atomic mass is 16.5. The van der Waals surface area contributed by atoms with Gasteiger partial charge >= 0.3 is 0 Å². The maximum Gasteiger partial charge on any atom is 0.153 e. The van der Waals surface area contributed by atoms with Gasteiger partial charge in [0.15, 0.2) is 6.29 Å². The summed E-state index contributed by atoms with van der Waals surface area (Å²) >= 11 is 0. The van der Waals surface area contributed by atoms with E-state index in [1.54, 1.807) is 0 Å². The molecule has 0 spiro atoms. The van der Waals surface area contributed by atoms with E-state index in [-0.39, 0.29) is 0 Å². The number of aldehydes is 1. The van der Waals surface area contributed by atoms with Crippen molar-refractivity contribution in [3.63, 3.8) is 0 Å². The molecule has 2 rings (SSSR count). The zero-order valence-corrected chi connectivity index (χ0v) is 9.98. The van der Waals surface area contributed by atoms with Crippen molar-refractivity contribution in [1.82, 2.24) is 0 Å². The second kappa shape index (κ2) is 5.48. The van der Waals surface area contributed by atoms with Gasteiger partial charge < -0.3 is 4.74 Å². The fourth-order valence-electron chi connectivity index (χ4n) is 1.78. The molecule has 2 aromatic rings. The predicted molar refractivity (Wildman–Crippen MR) is 69.7 cm³/mol. The molecule has 0 amide bonds. The van der Waals surface area contributed by atoms with E-state index in [1.807, 2.05) is 36.4 Å². The Morgan fingerprint density at radius 3 is 2.53 bits per heavy atom. The molecule has 0 unspecified atom stereocenters. The Morgan fingerprint density at radius 2 is 1.88 bits per heavy atom. The van der Waals surface area contributed by atoms with E-state index < -0.39 is 0 Å². The molecule has 0 saturated carbocycles. The Bertz CT molecular complexity index is 517. The lowest BCUT2D eigenvalue weighted by atomic mass is 10.1. The van der Waals surface area contributed by atoms with Gasteiger partial charge in [-0.05, 0) is 29.3 Å². The van der Waals surface area contributed by atoms with Gasteiger partial charge in [-0.25, -0.2) is 0 Å². The first kappa shape index (κ1) is 11.6. The largest absolute Gasteiger partial charge is 0.493 e. The molecular weight excluding hydrogens is 212 g/mol. The van der Waals surface area contributed by atoms with Crippen LogP contribution < -0.4 is 4.74 Å². The average Bonchev–Trinajstić information content (AvgIpc) is 2.38. The second-order valence-electron chi connectivity index (χ2n) is 4.06. The molecule has 2 aromatic carbocycles. The van der Waals surface area contributed by atoms with Crippen LogP contribution in [0.25, 0.3) is 10.8 Å². The second-order valence-corrected chi connectivity index (χ2v) is 4.06. The fourth-order valence-corrected chi connectivity index (χ4v) is 1.78. The molecule has 0 fully saturated rings. The van der Waals surface area contributed by atoms with E-state index in [0.29, 0.717) is 17.9 Å². The molecule has 0 aromatic heterocycles. The van der Waals surface area contributed by atoms with Crippen molar-refractivity contribution in [3.05, 3.63) is 42.0 Å². The molecule has 0 radical (unpaired) electrons. The first-order valence-corrected chi connectivity index (χ1v) is 5.96. The van der Waals surface area contributed by atoms with Crippen LogP contribution in [0.5, 0.6) is 5.75 Å². The Balaban J connectivity index is 2.35. The SMILES string of the molecule is CCCCOc1cc2ccccc2cc1C=O. The number of carbonyl (C=O) groups excluding carboxylic acids is 1. The van der Waals surface area contributed by atoms with E-state index >= 15 is 0 Å². The highest BCUT2D eigenvalue weighted by molar-refractivity contribution is 5.92. The molecule has 0 heterocycles. The number of unbranched alkanes of at least 4 members (excludes halogenated alkanes) is 1. The number of hydrogen-bond acceptors (Lipinski definition) is 2. The summed E-state index contributed by atoms with van der Waals surface area (Å²) in [7, 11) is 0. The molecule has 0 aliphatic rings.